The van der Waals surface area contributed by atoms with E-state index in [0.29, 0.717) is 19.5 Å². The summed E-state index contributed by atoms with van der Waals surface area (Å²) in [7, 11) is 0. The van der Waals surface area contributed by atoms with E-state index in [1.165, 1.54) is 0 Å². The molecule has 6 nitrogen and oxygen atoms in total. The second kappa shape index (κ2) is 10.1. The van der Waals surface area contributed by atoms with Crippen LogP contribution in [0.5, 0.6) is 0 Å². The maximum atomic E-state index is 12.2. The van der Waals surface area contributed by atoms with Crippen LogP contribution < -0.4 is 11.1 Å². The van der Waals surface area contributed by atoms with Crippen LogP contribution in [-0.2, 0) is 25.7 Å². The van der Waals surface area contributed by atoms with Gasteiger partial charge in [0.15, 0.2) is 0 Å². The van der Waals surface area contributed by atoms with E-state index in [0.717, 1.165) is 5.56 Å². The lowest BCUT2D eigenvalue weighted by atomic mass is 10.1. The Morgan fingerprint density at radius 1 is 1.21 bits per heavy atom. The normalized spacial score (nSPS) is 12.5. The minimum absolute atomic E-state index is 0.133. The van der Waals surface area contributed by atoms with E-state index < -0.39 is 11.6 Å². The van der Waals surface area contributed by atoms with Crippen molar-refractivity contribution in [3.8, 4) is 0 Å². The predicted molar refractivity (Wildman–Crippen MR) is 92.2 cm³/mol. The number of hydrogen-bond donors (Lipinski definition) is 2. The van der Waals surface area contributed by atoms with Crippen LogP contribution in [0.1, 0.15) is 39.2 Å². The Bertz CT molecular complexity index is 512. The Morgan fingerprint density at radius 3 is 2.46 bits per heavy atom. The number of rotatable bonds is 9. The molecule has 0 aromatic heterocycles. The molecule has 0 aliphatic heterocycles. The third kappa shape index (κ3) is 8.64. The van der Waals surface area contributed by atoms with Crippen LogP contribution in [0, 0.1) is 0 Å². The first-order valence-corrected chi connectivity index (χ1v) is 8.17. The van der Waals surface area contributed by atoms with Crippen molar-refractivity contribution in [3.63, 3.8) is 0 Å². The van der Waals surface area contributed by atoms with E-state index in [1.807, 2.05) is 30.3 Å². The number of ether oxygens (including phenoxy) is 2. The summed E-state index contributed by atoms with van der Waals surface area (Å²) in [5, 5.41) is 3.01. The summed E-state index contributed by atoms with van der Waals surface area (Å²) in [6.07, 6.45) is 0.441. The molecule has 0 aliphatic rings. The maximum Gasteiger partial charge on any atom is 0.323 e. The molecule has 1 aromatic rings. The van der Waals surface area contributed by atoms with Gasteiger partial charge in [0.25, 0.3) is 0 Å². The van der Waals surface area contributed by atoms with E-state index in [1.54, 1.807) is 20.8 Å². The largest absolute Gasteiger partial charge is 0.461 e. The van der Waals surface area contributed by atoms with Crippen molar-refractivity contribution in [3.05, 3.63) is 35.9 Å². The molecule has 0 saturated heterocycles. The van der Waals surface area contributed by atoms with Gasteiger partial charge in [0.05, 0.1) is 0 Å². The van der Waals surface area contributed by atoms with E-state index in [2.05, 4.69) is 5.32 Å². The van der Waals surface area contributed by atoms with E-state index in [4.69, 9.17) is 15.2 Å². The van der Waals surface area contributed by atoms with Gasteiger partial charge in [-0.2, -0.15) is 0 Å². The molecule has 1 unspecified atom stereocenters. The summed E-state index contributed by atoms with van der Waals surface area (Å²) in [6, 6.07) is 8.88. The maximum absolute atomic E-state index is 12.2. The van der Waals surface area contributed by atoms with Crippen LogP contribution in [0.4, 0.5) is 0 Å². The molecule has 0 fully saturated rings. The first-order chi connectivity index (χ1) is 11.3. The van der Waals surface area contributed by atoms with E-state index in [9.17, 15) is 9.59 Å². The van der Waals surface area contributed by atoms with Gasteiger partial charge in [-0.3, -0.25) is 9.59 Å². The standard InChI is InChI=1S/C18H28N2O4/c1-18(2,3)24-17(22)15(20-12-11-19)9-10-16(21)23-13-14-7-5-4-6-8-14/h4-8,15,20H,9-13,19H2,1-3H3. The Balaban J connectivity index is 2.45. The fourth-order valence-electron chi connectivity index (χ4n) is 2.01. The molecule has 134 valence electrons. The van der Waals surface area contributed by atoms with Gasteiger partial charge >= 0.3 is 11.9 Å². The first kappa shape index (κ1) is 20.1. The SMILES string of the molecule is CC(C)(C)OC(=O)C(CCC(=O)OCc1ccccc1)NCCN. The average molecular weight is 336 g/mol. The predicted octanol–water partition coefficient (Wildman–Crippen LogP) is 1.77. The van der Waals surface area contributed by atoms with Crippen molar-refractivity contribution in [2.24, 2.45) is 5.73 Å². The lowest BCUT2D eigenvalue weighted by Gasteiger charge is -2.24. The van der Waals surface area contributed by atoms with Gasteiger partial charge in [-0.05, 0) is 32.8 Å². The van der Waals surface area contributed by atoms with Crippen LogP contribution in [0.2, 0.25) is 0 Å². The van der Waals surface area contributed by atoms with Gasteiger partial charge in [0.2, 0.25) is 0 Å². The highest BCUT2D eigenvalue weighted by atomic mass is 16.6. The highest BCUT2D eigenvalue weighted by molar-refractivity contribution is 5.77. The third-order valence-electron chi connectivity index (χ3n) is 3.11. The topological polar surface area (TPSA) is 90.7 Å². The molecule has 0 amide bonds. The smallest absolute Gasteiger partial charge is 0.323 e. The van der Waals surface area contributed by atoms with Crippen molar-refractivity contribution in [1.82, 2.24) is 5.32 Å². The van der Waals surface area contributed by atoms with Crippen molar-refractivity contribution in [1.29, 1.82) is 0 Å². The molecule has 3 N–H and O–H groups in total. The van der Waals surface area contributed by atoms with Gasteiger partial charge in [-0.1, -0.05) is 30.3 Å². The second-order valence-corrected chi connectivity index (χ2v) is 6.51. The van der Waals surface area contributed by atoms with Crippen molar-refractivity contribution in [2.75, 3.05) is 13.1 Å². The lowest BCUT2D eigenvalue weighted by Crippen LogP contribution is -2.43. The van der Waals surface area contributed by atoms with Gasteiger partial charge in [-0.15, -0.1) is 0 Å². The third-order valence-corrected chi connectivity index (χ3v) is 3.11. The molecular weight excluding hydrogens is 308 g/mol. The van der Waals surface area contributed by atoms with Crippen LogP contribution in [0.3, 0.4) is 0 Å². The van der Waals surface area contributed by atoms with Crippen LogP contribution in [-0.4, -0.2) is 36.7 Å². The molecule has 6 heteroatoms. The number of nitrogens with one attached hydrogen (secondary N) is 1. The zero-order chi connectivity index (χ0) is 18.0. The quantitative estimate of drug-likeness (QED) is 0.668. The lowest BCUT2D eigenvalue weighted by molar-refractivity contribution is -0.158. The summed E-state index contributed by atoms with van der Waals surface area (Å²) in [6.45, 7) is 6.52. The Hall–Kier alpha value is -1.92. The minimum Gasteiger partial charge on any atom is -0.461 e. The summed E-state index contributed by atoms with van der Waals surface area (Å²) in [5.74, 6) is -0.728. The monoisotopic (exact) mass is 336 g/mol. The van der Waals surface area contributed by atoms with Gasteiger partial charge in [0.1, 0.15) is 18.2 Å². The molecular formula is C18H28N2O4. The molecule has 0 heterocycles. The molecule has 0 saturated carbocycles. The van der Waals surface area contributed by atoms with Crippen molar-refractivity contribution >= 4 is 11.9 Å². The number of nitrogens with two attached hydrogens (primary N) is 1. The van der Waals surface area contributed by atoms with E-state index >= 15 is 0 Å². The molecule has 0 bridgehead atoms. The highest BCUT2D eigenvalue weighted by Gasteiger charge is 2.25. The van der Waals surface area contributed by atoms with Gasteiger partial charge in [-0.25, -0.2) is 0 Å². The molecule has 1 atom stereocenters. The molecule has 0 spiro atoms. The van der Waals surface area contributed by atoms with Gasteiger partial charge in [0, 0.05) is 19.5 Å². The fraction of sp³-hybridized carbons (Fsp3) is 0.556. The van der Waals surface area contributed by atoms with Crippen LogP contribution in [0.15, 0.2) is 30.3 Å². The molecule has 1 rings (SSSR count). The van der Waals surface area contributed by atoms with E-state index in [-0.39, 0.29) is 25.0 Å². The zero-order valence-corrected chi connectivity index (χ0v) is 14.7. The Labute approximate surface area is 143 Å². The minimum atomic E-state index is -0.576. The second-order valence-electron chi connectivity index (χ2n) is 6.51. The Kier molecular flexibility index (Phi) is 8.43. The molecule has 0 aliphatic carbocycles. The number of carbonyl (C=O) groups is 2. The number of carbonyl (C=O) groups excluding carboxylic acids is 2. The summed E-state index contributed by atoms with van der Waals surface area (Å²) < 4.78 is 10.6. The first-order valence-electron chi connectivity index (χ1n) is 8.17. The number of hydrogen-bond acceptors (Lipinski definition) is 6. The fourth-order valence-corrected chi connectivity index (χ4v) is 2.01. The van der Waals surface area contributed by atoms with Crippen molar-refractivity contribution in [2.45, 2.75) is 51.9 Å². The zero-order valence-electron chi connectivity index (χ0n) is 14.7. The van der Waals surface area contributed by atoms with Crippen LogP contribution in [0.25, 0.3) is 0 Å². The molecule has 24 heavy (non-hydrogen) atoms. The average Bonchev–Trinajstić information content (AvgIpc) is 2.52. The van der Waals surface area contributed by atoms with Gasteiger partial charge < -0.3 is 20.5 Å². The Morgan fingerprint density at radius 2 is 1.88 bits per heavy atom. The molecule has 1 aromatic carbocycles. The van der Waals surface area contributed by atoms with Crippen molar-refractivity contribution < 1.29 is 19.1 Å². The highest BCUT2D eigenvalue weighted by Crippen LogP contribution is 2.11. The summed E-state index contributed by atoms with van der Waals surface area (Å²) >= 11 is 0. The number of esters is 2. The number of benzene rings is 1. The van der Waals surface area contributed by atoms with Crippen LogP contribution >= 0.6 is 0 Å². The molecule has 0 radical (unpaired) electrons. The summed E-state index contributed by atoms with van der Waals surface area (Å²) in [4.78, 5) is 24.1. The summed E-state index contributed by atoms with van der Waals surface area (Å²) in [5.41, 5.74) is 5.82.